The van der Waals surface area contributed by atoms with E-state index in [4.69, 9.17) is 21.1 Å². The summed E-state index contributed by atoms with van der Waals surface area (Å²) in [4.78, 5) is 24.2. The quantitative estimate of drug-likeness (QED) is 0.213. The van der Waals surface area contributed by atoms with E-state index in [1.807, 2.05) is 69.3 Å². The van der Waals surface area contributed by atoms with E-state index in [0.717, 1.165) is 45.3 Å². The van der Waals surface area contributed by atoms with Gasteiger partial charge < -0.3 is 19.4 Å². The first-order chi connectivity index (χ1) is 18.6. The zero-order chi connectivity index (χ0) is 28.3. The molecule has 0 saturated carbocycles. The number of carbonyl (C=O) groups excluding carboxylic acids is 2. The van der Waals surface area contributed by atoms with E-state index in [9.17, 15) is 9.59 Å². The van der Waals surface area contributed by atoms with Gasteiger partial charge in [-0.05, 0) is 107 Å². The Morgan fingerprint density at radius 1 is 0.974 bits per heavy atom. The van der Waals surface area contributed by atoms with E-state index in [2.05, 4.69) is 23.7 Å². The van der Waals surface area contributed by atoms with Crippen molar-refractivity contribution in [1.29, 1.82) is 0 Å². The van der Waals surface area contributed by atoms with Gasteiger partial charge in [-0.2, -0.15) is 0 Å². The van der Waals surface area contributed by atoms with Crippen molar-refractivity contribution in [2.24, 2.45) is 0 Å². The van der Waals surface area contributed by atoms with Gasteiger partial charge in [-0.1, -0.05) is 23.7 Å². The summed E-state index contributed by atoms with van der Waals surface area (Å²) in [5.74, 6) is 1.24. The van der Waals surface area contributed by atoms with Gasteiger partial charge in [-0.15, -0.1) is 0 Å². The Labute approximate surface area is 234 Å². The average Bonchev–Trinajstić information content (AvgIpc) is 3.14. The summed E-state index contributed by atoms with van der Waals surface area (Å²) in [7, 11) is 0. The molecule has 0 fully saturated rings. The minimum absolute atomic E-state index is 0.0790. The minimum atomic E-state index is -0.542. The van der Waals surface area contributed by atoms with Crippen LogP contribution >= 0.6 is 11.6 Å². The molecule has 0 saturated heterocycles. The number of halogens is 1. The predicted octanol–water partition coefficient (Wildman–Crippen LogP) is 7.20. The summed E-state index contributed by atoms with van der Waals surface area (Å²) >= 11 is 6.53. The normalized spacial score (nSPS) is 12.8. The lowest BCUT2D eigenvalue weighted by Gasteiger charge is -2.17. The molecule has 0 bridgehead atoms. The van der Waals surface area contributed by atoms with Gasteiger partial charge in [0.1, 0.15) is 11.5 Å². The fourth-order valence-corrected chi connectivity index (χ4v) is 4.82. The van der Waals surface area contributed by atoms with Crippen molar-refractivity contribution in [1.82, 2.24) is 9.88 Å². The topological polar surface area (TPSA) is 69.6 Å². The predicted molar refractivity (Wildman–Crippen MR) is 156 cm³/mol. The van der Waals surface area contributed by atoms with Crippen LogP contribution in [0.2, 0.25) is 5.02 Å². The molecular formula is C32H35ClN2O4. The molecule has 3 aromatic carbocycles. The lowest BCUT2D eigenvalue weighted by atomic mass is 10.1. The third kappa shape index (κ3) is 6.45. The fraction of sp³-hybridized carbons (Fsp3) is 0.312. The standard InChI is InChI=1S/C32H35ClN2O4/c1-19(2)38-27-9-7-8-24(14-27)22(5)34-32(37)25-10-13-31-29(16-25)21(4)23(6)35(31)17-26-15-28(11-12-30(26)33)39-20(3)18-36/h7-16,18-20,22H,17H2,1-6H3,(H,34,37)/t20-,22-/m0/s1. The second-order valence-corrected chi connectivity index (χ2v) is 10.6. The molecule has 0 aliphatic carbocycles. The third-order valence-corrected chi connectivity index (χ3v) is 7.21. The zero-order valence-corrected chi connectivity index (χ0v) is 24.0. The van der Waals surface area contributed by atoms with Crippen molar-refractivity contribution in [2.75, 3.05) is 0 Å². The second kappa shape index (κ2) is 12.0. The van der Waals surface area contributed by atoms with E-state index >= 15 is 0 Å². The summed E-state index contributed by atoms with van der Waals surface area (Å²) in [6.45, 7) is 12.3. The molecule has 1 amide bonds. The number of nitrogens with zero attached hydrogens (tertiary/aromatic N) is 1. The maximum absolute atomic E-state index is 13.2. The third-order valence-electron chi connectivity index (χ3n) is 6.84. The van der Waals surface area contributed by atoms with Gasteiger partial charge in [0, 0.05) is 33.7 Å². The Balaban J connectivity index is 1.57. The van der Waals surface area contributed by atoms with Gasteiger partial charge in [0.25, 0.3) is 5.91 Å². The number of aldehydes is 1. The number of rotatable bonds is 10. The molecule has 0 radical (unpaired) electrons. The molecule has 0 aliphatic rings. The Hall–Kier alpha value is -3.77. The highest BCUT2D eigenvalue weighted by atomic mass is 35.5. The van der Waals surface area contributed by atoms with Crippen LogP contribution in [0.25, 0.3) is 10.9 Å². The van der Waals surface area contributed by atoms with Crippen molar-refractivity contribution in [3.63, 3.8) is 0 Å². The van der Waals surface area contributed by atoms with Crippen LogP contribution in [0.5, 0.6) is 11.5 Å². The highest BCUT2D eigenvalue weighted by Gasteiger charge is 2.17. The highest BCUT2D eigenvalue weighted by Crippen LogP contribution is 2.30. The van der Waals surface area contributed by atoms with Crippen LogP contribution in [0.3, 0.4) is 0 Å². The number of hydrogen-bond donors (Lipinski definition) is 1. The Morgan fingerprint density at radius 2 is 1.72 bits per heavy atom. The van der Waals surface area contributed by atoms with Gasteiger partial charge in [0.2, 0.25) is 0 Å². The number of amides is 1. The number of aryl methyl sites for hydroxylation is 1. The van der Waals surface area contributed by atoms with Crippen LogP contribution in [0.1, 0.15) is 66.5 Å². The number of fused-ring (bicyclic) bond motifs is 1. The van der Waals surface area contributed by atoms with Crippen LogP contribution in [0.15, 0.2) is 60.7 Å². The van der Waals surface area contributed by atoms with Crippen LogP contribution in [-0.2, 0) is 11.3 Å². The first kappa shape index (κ1) is 28.2. The van der Waals surface area contributed by atoms with Gasteiger partial charge in [-0.3, -0.25) is 9.59 Å². The molecule has 204 valence electrons. The molecule has 0 aliphatic heterocycles. The number of hydrogen-bond acceptors (Lipinski definition) is 4. The Morgan fingerprint density at radius 3 is 2.44 bits per heavy atom. The monoisotopic (exact) mass is 546 g/mol. The molecule has 0 spiro atoms. The average molecular weight is 547 g/mol. The fourth-order valence-electron chi connectivity index (χ4n) is 4.65. The van der Waals surface area contributed by atoms with E-state index in [1.165, 1.54) is 0 Å². The first-order valence-corrected chi connectivity index (χ1v) is 13.5. The molecule has 1 N–H and O–H groups in total. The van der Waals surface area contributed by atoms with Crippen molar-refractivity contribution in [3.8, 4) is 11.5 Å². The second-order valence-electron chi connectivity index (χ2n) is 10.2. The SMILES string of the molecule is Cc1c(C)n(Cc2cc(O[C@@H](C)C=O)ccc2Cl)c2ccc(C(=O)N[C@@H](C)c3cccc(OC(C)C)c3)cc12. The smallest absolute Gasteiger partial charge is 0.251 e. The molecule has 4 aromatic rings. The lowest BCUT2D eigenvalue weighted by molar-refractivity contribution is -0.113. The maximum atomic E-state index is 13.2. The summed E-state index contributed by atoms with van der Waals surface area (Å²) < 4.78 is 13.6. The van der Waals surface area contributed by atoms with Crippen LogP contribution in [0.4, 0.5) is 0 Å². The summed E-state index contributed by atoms with van der Waals surface area (Å²) in [5, 5.41) is 4.75. The van der Waals surface area contributed by atoms with Gasteiger partial charge in [0.15, 0.2) is 12.4 Å². The molecule has 1 aromatic heterocycles. The largest absolute Gasteiger partial charge is 0.491 e. The van der Waals surface area contributed by atoms with Crippen molar-refractivity contribution >= 4 is 34.7 Å². The minimum Gasteiger partial charge on any atom is -0.491 e. The number of ether oxygens (including phenoxy) is 2. The molecule has 0 unspecified atom stereocenters. The van der Waals surface area contributed by atoms with Gasteiger partial charge in [-0.25, -0.2) is 0 Å². The number of carbonyl (C=O) groups is 2. The summed E-state index contributed by atoms with van der Waals surface area (Å²) in [6, 6.07) is 18.8. The molecule has 2 atom stereocenters. The maximum Gasteiger partial charge on any atom is 0.251 e. The van der Waals surface area contributed by atoms with Crippen molar-refractivity contribution in [2.45, 2.75) is 66.3 Å². The number of aromatic nitrogens is 1. The zero-order valence-electron chi connectivity index (χ0n) is 23.2. The first-order valence-electron chi connectivity index (χ1n) is 13.1. The Bertz CT molecular complexity index is 1510. The van der Waals surface area contributed by atoms with Crippen LogP contribution in [0, 0.1) is 13.8 Å². The number of benzene rings is 3. The van der Waals surface area contributed by atoms with E-state index in [1.54, 1.807) is 19.1 Å². The molecule has 4 rings (SSSR count). The molecule has 39 heavy (non-hydrogen) atoms. The highest BCUT2D eigenvalue weighted by molar-refractivity contribution is 6.31. The van der Waals surface area contributed by atoms with Crippen molar-refractivity contribution < 1.29 is 19.1 Å². The van der Waals surface area contributed by atoms with E-state index < -0.39 is 6.10 Å². The van der Waals surface area contributed by atoms with Crippen molar-refractivity contribution in [3.05, 3.63) is 93.6 Å². The summed E-state index contributed by atoms with van der Waals surface area (Å²) in [5.41, 5.74) is 5.65. The van der Waals surface area contributed by atoms with Gasteiger partial charge >= 0.3 is 0 Å². The molecule has 6 nitrogen and oxygen atoms in total. The molecular weight excluding hydrogens is 512 g/mol. The molecule has 1 heterocycles. The van der Waals surface area contributed by atoms with E-state index in [-0.39, 0.29) is 18.1 Å². The number of nitrogens with one attached hydrogen (secondary N) is 1. The lowest BCUT2D eigenvalue weighted by Crippen LogP contribution is -2.26. The summed E-state index contributed by atoms with van der Waals surface area (Å²) in [6.07, 6.45) is 0.295. The van der Waals surface area contributed by atoms with Gasteiger partial charge in [0.05, 0.1) is 12.1 Å². The van der Waals surface area contributed by atoms with E-state index in [0.29, 0.717) is 22.9 Å². The Kier molecular flexibility index (Phi) is 8.66. The van der Waals surface area contributed by atoms with Crippen LogP contribution in [-0.4, -0.2) is 29.0 Å². The van der Waals surface area contributed by atoms with Crippen LogP contribution < -0.4 is 14.8 Å². The molecule has 7 heteroatoms.